The van der Waals surface area contributed by atoms with E-state index in [4.69, 9.17) is 0 Å². The molecule has 0 N–H and O–H groups in total. The molecule has 0 saturated heterocycles. The van der Waals surface area contributed by atoms with Gasteiger partial charge in [0.05, 0.1) is 5.75 Å². The van der Waals surface area contributed by atoms with Gasteiger partial charge in [0.2, 0.25) is 0 Å². The fourth-order valence-electron chi connectivity index (χ4n) is 0.925. The predicted molar refractivity (Wildman–Crippen MR) is 59.0 cm³/mol. The van der Waals surface area contributed by atoms with Gasteiger partial charge < -0.3 is 0 Å². The lowest BCUT2D eigenvalue weighted by Crippen LogP contribution is -2.06. The van der Waals surface area contributed by atoms with Gasteiger partial charge in [-0.1, -0.05) is 0 Å². The highest BCUT2D eigenvalue weighted by Gasteiger charge is 2.03. The first-order valence-corrected chi connectivity index (χ1v) is 6.02. The molecule has 70 valence electrons. The van der Waals surface area contributed by atoms with Crippen LogP contribution in [0.15, 0.2) is 22.8 Å². The summed E-state index contributed by atoms with van der Waals surface area (Å²) >= 11 is 4.84. The number of Topliss-reactive ketones (excluding diaryl/α,β-unsaturated/α-hetero) is 1. The zero-order valence-corrected chi connectivity index (χ0v) is 9.69. The second-order valence-electron chi connectivity index (χ2n) is 2.62. The van der Waals surface area contributed by atoms with Gasteiger partial charge in [-0.2, -0.15) is 11.8 Å². The maximum absolute atomic E-state index is 11.2. The van der Waals surface area contributed by atoms with Crippen LogP contribution in [0.25, 0.3) is 0 Å². The number of hydrogen-bond acceptors (Lipinski definition) is 3. The summed E-state index contributed by atoms with van der Waals surface area (Å²) in [6.07, 6.45) is 4.07. The van der Waals surface area contributed by atoms with E-state index in [0.29, 0.717) is 12.2 Å². The lowest BCUT2D eigenvalue weighted by Gasteiger charge is -1.98. The first-order chi connectivity index (χ1) is 6.22. The topological polar surface area (TPSA) is 30.0 Å². The molecule has 0 fully saturated rings. The number of halogens is 1. The highest BCUT2D eigenvalue weighted by molar-refractivity contribution is 9.10. The third kappa shape index (κ3) is 3.91. The number of ketones is 1. The molecule has 0 unspecified atom stereocenters. The van der Waals surface area contributed by atoms with E-state index in [1.165, 1.54) is 0 Å². The second-order valence-corrected chi connectivity index (χ2v) is 4.40. The summed E-state index contributed by atoms with van der Waals surface area (Å²) < 4.78 is 0.938. The molecule has 4 heteroatoms. The number of thioether (sulfide) groups is 1. The van der Waals surface area contributed by atoms with E-state index in [2.05, 4.69) is 20.9 Å². The molecule has 13 heavy (non-hydrogen) atoms. The maximum atomic E-state index is 11.2. The molecule has 0 spiro atoms. The van der Waals surface area contributed by atoms with Crippen molar-refractivity contribution < 1.29 is 4.79 Å². The van der Waals surface area contributed by atoms with Crippen molar-refractivity contribution >= 4 is 33.5 Å². The van der Waals surface area contributed by atoms with Crippen molar-refractivity contribution in [1.29, 1.82) is 0 Å². The minimum absolute atomic E-state index is 0.224. The van der Waals surface area contributed by atoms with Gasteiger partial charge in [-0.15, -0.1) is 0 Å². The van der Waals surface area contributed by atoms with Crippen molar-refractivity contribution in [2.24, 2.45) is 0 Å². The molecular formula is C9H10BrNOS. The summed E-state index contributed by atoms with van der Waals surface area (Å²) in [5.41, 5.74) is 0.835. The van der Waals surface area contributed by atoms with Gasteiger partial charge in [-0.3, -0.25) is 9.78 Å². The Morgan fingerprint density at radius 1 is 1.62 bits per heavy atom. The maximum Gasteiger partial charge on any atom is 0.148 e. The zero-order valence-electron chi connectivity index (χ0n) is 7.29. The number of nitrogens with zero attached hydrogens (tertiary/aromatic N) is 1. The Morgan fingerprint density at radius 3 is 2.92 bits per heavy atom. The summed E-state index contributed by atoms with van der Waals surface area (Å²) in [6.45, 7) is 0. The van der Waals surface area contributed by atoms with Crippen LogP contribution in [0.4, 0.5) is 0 Å². The van der Waals surface area contributed by atoms with Crippen LogP contribution in [0, 0.1) is 0 Å². The van der Waals surface area contributed by atoms with Gasteiger partial charge in [0, 0.05) is 22.8 Å². The second kappa shape index (κ2) is 5.40. The molecule has 0 aromatic carbocycles. The molecule has 1 aromatic rings. The van der Waals surface area contributed by atoms with E-state index in [-0.39, 0.29) is 5.78 Å². The zero-order chi connectivity index (χ0) is 9.68. The summed E-state index contributed by atoms with van der Waals surface area (Å²) in [5.74, 6) is 0.792. The molecular weight excluding hydrogens is 250 g/mol. The van der Waals surface area contributed by atoms with Gasteiger partial charge >= 0.3 is 0 Å². The van der Waals surface area contributed by atoms with Gasteiger partial charge in [-0.05, 0) is 34.3 Å². The Morgan fingerprint density at radius 2 is 2.38 bits per heavy atom. The van der Waals surface area contributed by atoms with Crippen LogP contribution >= 0.6 is 27.7 Å². The normalized spacial score (nSPS) is 10.0. The summed E-state index contributed by atoms with van der Waals surface area (Å²) in [5, 5.41) is 0. The molecule has 1 heterocycles. The quantitative estimate of drug-likeness (QED) is 0.832. The molecule has 1 rings (SSSR count). The molecule has 0 amide bonds. The third-order valence-corrected chi connectivity index (χ3v) is 2.55. The molecule has 0 bridgehead atoms. The summed E-state index contributed by atoms with van der Waals surface area (Å²) in [4.78, 5) is 15.3. The fourth-order valence-corrected chi connectivity index (χ4v) is 1.58. The average molecular weight is 260 g/mol. The lowest BCUT2D eigenvalue weighted by molar-refractivity contribution is -0.116. The summed E-state index contributed by atoms with van der Waals surface area (Å²) in [6, 6.07) is 3.76. The minimum atomic E-state index is 0.224. The number of carbonyl (C=O) groups is 1. The number of aromatic nitrogens is 1. The Kier molecular flexibility index (Phi) is 4.45. The third-order valence-electron chi connectivity index (χ3n) is 1.47. The van der Waals surface area contributed by atoms with Crippen LogP contribution in [-0.4, -0.2) is 22.8 Å². The van der Waals surface area contributed by atoms with E-state index in [0.717, 1.165) is 10.2 Å². The van der Waals surface area contributed by atoms with E-state index in [9.17, 15) is 4.79 Å². The lowest BCUT2D eigenvalue weighted by atomic mass is 10.2. The average Bonchev–Trinajstić information content (AvgIpc) is 2.09. The molecule has 0 saturated carbocycles. The smallest absolute Gasteiger partial charge is 0.148 e. The first-order valence-electron chi connectivity index (χ1n) is 3.83. The van der Waals surface area contributed by atoms with Crippen molar-refractivity contribution in [3.63, 3.8) is 0 Å². The molecule has 0 aliphatic rings. The van der Waals surface area contributed by atoms with Crippen LogP contribution in [-0.2, 0) is 11.2 Å². The standard InChI is InChI=1S/C9H10BrNOS/c1-13-6-9(12)4-8-3-2-7(10)5-11-8/h2-3,5H,4,6H2,1H3. The predicted octanol–water partition coefficient (Wildman–Crippen LogP) is 2.32. The van der Waals surface area contributed by atoms with E-state index < -0.39 is 0 Å². The van der Waals surface area contributed by atoms with Gasteiger partial charge in [0.1, 0.15) is 5.78 Å². The summed E-state index contributed by atoms with van der Waals surface area (Å²) in [7, 11) is 0. The van der Waals surface area contributed by atoms with Gasteiger partial charge in [-0.25, -0.2) is 0 Å². The first kappa shape index (κ1) is 10.7. The number of carbonyl (C=O) groups excluding carboxylic acids is 1. The minimum Gasteiger partial charge on any atom is -0.298 e. The van der Waals surface area contributed by atoms with Crippen molar-refractivity contribution in [2.75, 3.05) is 12.0 Å². The highest BCUT2D eigenvalue weighted by atomic mass is 79.9. The SMILES string of the molecule is CSCC(=O)Cc1ccc(Br)cn1. The van der Waals surface area contributed by atoms with E-state index in [1.54, 1.807) is 18.0 Å². The molecule has 1 aromatic heterocycles. The Balaban J connectivity index is 2.54. The van der Waals surface area contributed by atoms with E-state index in [1.807, 2.05) is 18.4 Å². The van der Waals surface area contributed by atoms with Crippen LogP contribution in [0.3, 0.4) is 0 Å². The van der Waals surface area contributed by atoms with Crippen LogP contribution in [0.1, 0.15) is 5.69 Å². The largest absolute Gasteiger partial charge is 0.298 e. The van der Waals surface area contributed by atoms with Crippen LogP contribution in [0.5, 0.6) is 0 Å². The fraction of sp³-hybridized carbons (Fsp3) is 0.333. The van der Waals surface area contributed by atoms with Crippen molar-refractivity contribution in [1.82, 2.24) is 4.98 Å². The molecule has 0 aliphatic heterocycles. The van der Waals surface area contributed by atoms with Crippen LogP contribution in [0.2, 0.25) is 0 Å². The Hall–Kier alpha value is -0.350. The molecule has 0 aliphatic carbocycles. The molecule has 2 nitrogen and oxygen atoms in total. The van der Waals surface area contributed by atoms with Gasteiger partial charge in [0.25, 0.3) is 0 Å². The van der Waals surface area contributed by atoms with Crippen molar-refractivity contribution in [2.45, 2.75) is 6.42 Å². The Bertz CT molecular complexity index is 286. The Labute approximate surface area is 90.3 Å². The number of hydrogen-bond donors (Lipinski definition) is 0. The van der Waals surface area contributed by atoms with Crippen molar-refractivity contribution in [3.8, 4) is 0 Å². The molecule has 0 atom stereocenters. The van der Waals surface area contributed by atoms with Crippen LogP contribution < -0.4 is 0 Å². The number of pyridine rings is 1. The number of rotatable bonds is 4. The molecule has 0 radical (unpaired) electrons. The van der Waals surface area contributed by atoms with Gasteiger partial charge in [0.15, 0.2) is 0 Å². The highest BCUT2D eigenvalue weighted by Crippen LogP contribution is 2.08. The monoisotopic (exact) mass is 259 g/mol. The van der Waals surface area contributed by atoms with Crippen molar-refractivity contribution in [3.05, 3.63) is 28.5 Å². The van der Waals surface area contributed by atoms with E-state index >= 15 is 0 Å².